The molecule has 1 aliphatic rings. The lowest BCUT2D eigenvalue weighted by Gasteiger charge is -2.17. The standard InChI is InChI=1S/C12H9NO.ClHO4/c1-3-7-11-9(5-1)13-10-6-2-4-8-12(10)14-11;2-1(3,4)5/h1-8,13H;(H,2,3,4,5). The van der Waals surface area contributed by atoms with Crippen molar-refractivity contribution < 1.29 is 38.9 Å². The molecular weight excluding hydrogens is 274 g/mol. The van der Waals surface area contributed by atoms with E-state index in [0.29, 0.717) is 0 Å². The third kappa shape index (κ3) is 4.18. The van der Waals surface area contributed by atoms with Crippen molar-refractivity contribution in [2.75, 3.05) is 0 Å². The molecule has 0 saturated carbocycles. The van der Waals surface area contributed by atoms with Gasteiger partial charge < -0.3 is 4.74 Å². The van der Waals surface area contributed by atoms with Gasteiger partial charge in [-0.2, -0.15) is 0 Å². The molecule has 3 rings (SSSR count). The molecule has 0 unspecified atom stereocenters. The van der Waals surface area contributed by atoms with E-state index in [0.717, 1.165) is 22.9 Å². The van der Waals surface area contributed by atoms with E-state index < -0.39 is 10.2 Å². The monoisotopic (exact) mass is 283 g/mol. The molecule has 0 aromatic heterocycles. The quantitative estimate of drug-likeness (QED) is 0.460. The summed E-state index contributed by atoms with van der Waals surface area (Å²) in [6.45, 7) is 0. The Bertz CT molecular complexity index is 477. The Balaban J connectivity index is 0.000000232. The van der Waals surface area contributed by atoms with Gasteiger partial charge in [-0.25, -0.2) is 18.6 Å². The summed E-state index contributed by atoms with van der Waals surface area (Å²) in [5.74, 6) is 1.87. The first-order valence-corrected chi connectivity index (χ1v) is 6.49. The Morgan fingerprint density at radius 3 is 1.53 bits per heavy atom. The van der Waals surface area contributed by atoms with E-state index in [1.54, 1.807) is 0 Å². The molecule has 0 fully saturated rings. The third-order valence-electron chi connectivity index (χ3n) is 2.37. The van der Waals surface area contributed by atoms with Gasteiger partial charge in [0.1, 0.15) is 0 Å². The van der Waals surface area contributed by atoms with Crippen LogP contribution in [0.2, 0.25) is 0 Å². The number of nitrogens with two attached hydrogens (primary N) is 1. The van der Waals surface area contributed by atoms with Crippen molar-refractivity contribution in [1.82, 2.24) is 0 Å². The highest BCUT2D eigenvalue weighted by molar-refractivity contribution is 5.58. The van der Waals surface area contributed by atoms with Gasteiger partial charge in [-0.3, -0.25) is 5.32 Å². The van der Waals surface area contributed by atoms with Crippen LogP contribution in [0.25, 0.3) is 0 Å². The minimum absolute atomic E-state index is 0.936. The number of fused-ring (bicyclic) bond motifs is 2. The van der Waals surface area contributed by atoms with Crippen LogP contribution in [0.3, 0.4) is 0 Å². The van der Waals surface area contributed by atoms with Crippen LogP contribution in [0.15, 0.2) is 48.5 Å². The van der Waals surface area contributed by atoms with Crippen molar-refractivity contribution in [3.05, 3.63) is 48.5 Å². The average Bonchev–Trinajstić information content (AvgIpc) is 2.34. The van der Waals surface area contributed by atoms with E-state index in [9.17, 15) is 0 Å². The molecule has 2 aromatic carbocycles. The zero-order chi connectivity index (χ0) is 13.9. The van der Waals surface area contributed by atoms with Gasteiger partial charge in [0, 0.05) is 12.1 Å². The molecule has 0 atom stereocenters. The van der Waals surface area contributed by atoms with E-state index in [-0.39, 0.29) is 0 Å². The maximum Gasteiger partial charge on any atom is 0.188 e. The molecule has 0 bridgehead atoms. The fraction of sp³-hybridized carbons (Fsp3) is 0. The Morgan fingerprint density at radius 1 is 0.737 bits per heavy atom. The Labute approximate surface area is 111 Å². The van der Waals surface area contributed by atoms with Crippen LogP contribution in [0.5, 0.6) is 11.5 Å². The summed E-state index contributed by atoms with van der Waals surface area (Å²) in [6, 6.07) is 16.1. The topological polar surface area (TPSA) is 118 Å². The molecule has 6 nitrogen and oxygen atoms in total. The summed E-state index contributed by atoms with van der Waals surface area (Å²) < 4.78 is 39.7. The van der Waals surface area contributed by atoms with Crippen LogP contribution in [-0.4, -0.2) is 0 Å². The van der Waals surface area contributed by atoms with Gasteiger partial charge in [0.25, 0.3) is 0 Å². The predicted molar refractivity (Wildman–Crippen MR) is 54.2 cm³/mol. The van der Waals surface area contributed by atoms with Crippen molar-refractivity contribution in [2.45, 2.75) is 0 Å². The molecule has 2 N–H and O–H groups in total. The van der Waals surface area contributed by atoms with Crippen LogP contribution >= 0.6 is 0 Å². The molecule has 1 heterocycles. The Morgan fingerprint density at radius 2 is 1.11 bits per heavy atom. The van der Waals surface area contributed by atoms with Crippen LogP contribution < -0.4 is 28.7 Å². The van der Waals surface area contributed by atoms with E-state index in [4.69, 9.17) is 23.4 Å². The minimum atomic E-state index is -4.94. The van der Waals surface area contributed by atoms with Crippen molar-refractivity contribution in [3.8, 4) is 11.5 Å². The van der Waals surface area contributed by atoms with Gasteiger partial charge in [-0.05, 0) is 12.1 Å². The fourth-order valence-electron chi connectivity index (χ4n) is 1.67. The van der Waals surface area contributed by atoms with E-state index in [1.165, 1.54) is 0 Å². The molecular formula is C12H10ClNO5. The number of rotatable bonds is 0. The zero-order valence-corrected chi connectivity index (χ0v) is 10.4. The highest BCUT2D eigenvalue weighted by atomic mass is 35.7. The van der Waals surface area contributed by atoms with Crippen molar-refractivity contribution in [2.24, 2.45) is 0 Å². The van der Waals surface area contributed by atoms with Gasteiger partial charge in [0.15, 0.2) is 22.9 Å². The van der Waals surface area contributed by atoms with Crippen molar-refractivity contribution >= 4 is 11.4 Å². The molecule has 0 radical (unpaired) electrons. The summed E-state index contributed by atoms with van der Waals surface area (Å²) in [4.78, 5) is 0. The van der Waals surface area contributed by atoms with E-state index in [2.05, 4.69) is 17.4 Å². The van der Waals surface area contributed by atoms with Crippen LogP contribution in [-0.2, 0) is 0 Å². The van der Waals surface area contributed by atoms with Gasteiger partial charge in [0.2, 0.25) is 0 Å². The second-order valence-corrected chi connectivity index (χ2v) is 4.46. The Hall–Kier alpha value is -1.67. The smallest absolute Gasteiger partial charge is 0.188 e. The van der Waals surface area contributed by atoms with E-state index >= 15 is 0 Å². The maximum atomic E-state index is 8.49. The second-order valence-electron chi connectivity index (χ2n) is 3.70. The van der Waals surface area contributed by atoms with E-state index in [1.807, 2.05) is 36.4 Å². The number of para-hydroxylation sites is 4. The molecule has 0 saturated heterocycles. The van der Waals surface area contributed by atoms with Gasteiger partial charge in [-0.1, -0.05) is 24.3 Å². The van der Waals surface area contributed by atoms with Gasteiger partial charge >= 0.3 is 0 Å². The molecule has 1 aliphatic heterocycles. The molecule has 100 valence electrons. The number of benzene rings is 2. The second kappa shape index (κ2) is 5.54. The summed E-state index contributed by atoms with van der Waals surface area (Å²) in [5.41, 5.74) is 2.29. The molecule has 2 aromatic rings. The summed E-state index contributed by atoms with van der Waals surface area (Å²) in [6.07, 6.45) is 0. The normalized spacial score (nSPS) is 12.4. The summed E-state index contributed by atoms with van der Waals surface area (Å²) in [5, 5.41) is 2.15. The highest BCUT2D eigenvalue weighted by Gasteiger charge is 2.19. The maximum absolute atomic E-state index is 8.49. The molecule has 7 heteroatoms. The Kier molecular flexibility index (Phi) is 4.01. The number of halogens is 1. The molecule has 0 spiro atoms. The van der Waals surface area contributed by atoms with Crippen LogP contribution in [0, 0.1) is 10.2 Å². The summed E-state index contributed by atoms with van der Waals surface area (Å²) >= 11 is 0. The lowest BCUT2D eigenvalue weighted by atomic mass is 10.2. The first-order valence-electron chi connectivity index (χ1n) is 5.26. The average molecular weight is 284 g/mol. The van der Waals surface area contributed by atoms with Gasteiger partial charge in [-0.15, -0.1) is 10.2 Å². The van der Waals surface area contributed by atoms with Crippen LogP contribution in [0.4, 0.5) is 11.4 Å². The number of ether oxygens (including phenoxy) is 1. The largest absolute Gasteiger partial charge is 0.445 e. The lowest BCUT2D eigenvalue weighted by Crippen LogP contribution is -2.72. The van der Waals surface area contributed by atoms with Crippen LogP contribution in [0.1, 0.15) is 0 Å². The minimum Gasteiger partial charge on any atom is -0.445 e. The first-order chi connectivity index (χ1) is 8.93. The van der Waals surface area contributed by atoms with Gasteiger partial charge in [0.05, 0.1) is 0 Å². The number of hydrogen-bond acceptors (Lipinski definition) is 5. The fourth-order valence-corrected chi connectivity index (χ4v) is 1.67. The number of hydrogen-bond donors (Lipinski definition) is 1. The molecule has 0 aliphatic carbocycles. The number of quaternary nitrogens is 1. The third-order valence-corrected chi connectivity index (χ3v) is 2.37. The van der Waals surface area contributed by atoms with Crippen molar-refractivity contribution in [3.63, 3.8) is 0 Å². The lowest BCUT2D eigenvalue weighted by molar-refractivity contribution is -2.00. The molecule has 0 amide bonds. The molecule has 19 heavy (non-hydrogen) atoms. The highest BCUT2D eigenvalue weighted by Crippen LogP contribution is 2.34. The summed E-state index contributed by atoms with van der Waals surface area (Å²) in [7, 11) is -4.94. The zero-order valence-electron chi connectivity index (χ0n) is 9.62. The SMILES string of the molecule is [O-][Cl+3]([O-])([O-])[O-].c1ccc2c(c1)[NH2+]c1ccccc1O2. The first kappa shape index (κ1) is 13.8. The predicted octanol–water partition coefficient (Wildman–Crippen LogP) is -2.44. The van der Waals surface area contributed by atoms with Crippen molar-refractivity contribution in [1.29, 1.82) is 0 Å².